The molecule has 174 valence electrons. The summed E-state index contributed by atoms with van der Waals surface area (Å²) in [5.41, 5.74) is 7.74. The lowest BCUT2D eigenvalue weighted by Gasteiger charge is -2.44. The summed E-state index contributed by atoms with van der Waals surface area (Å²) in [7, 11) is 1.92. The summed E-state index contributed by atoms with van der Waals surface area (Å²) in [6.07, 6.45) is 7.48. The van der Waals surface area contributed by atoms with E-state index in [1.807, 2.05) is 31.4 Å². The van der Waals surface area contributed by atoms with Crippen LogP contribution in [-0.2, 0) is 0 Å². The average Bonchev–Trinajstić information content (AvgIpc) is 3.23. The van der Waals surface area contributed by atoms with Crippen LogP contribution in [-0.4, -0.2) is 27.1 Å². The van der Waals surface area contributed by atoms with E-state index in [1.165, 1.54) is 19.3 Å². The molecule has 1 aliphatic carbocycles. The second kappa shape index (κ2) is 8.71. The predicted molar refractivity (Wildman–Crippen MR) is 141 cm³/mol. The van der Waals surface area contributed by atoms with Gasteiger partial charge in [0.1, 0.15) is 17.0 Å². The van der Waals surface area contributed by atoms with Crippen LogP contribution in [0.1, 0.15) is 62.9 Å². The van der Waals surface area contributed by atoms with Crippen LogP contribution >= 0.6 is 0 Å². The number of nitrogens with zero attached hydrogens (tertiary/aromatic N) is 4. The Hall–Kier alpha value is -3.47. The molecule has 0 radical (unpaired) electrons. The largest absolute Gasteiger partial charge is 0.371 e. The minimum atomic E-state index is 0.427. The zero-order valence-corrected chi connectivity index (χ0v) is 20.8. The highest BCUT2D eigenvalue weighted by atomic mass is 15.1. The first-order valence-corrected chi connectivity index (χ1v) is 12.2. The number of hydrogen-bond acceptors (Lipinski definition) is 4. The lowest BCUT2D eigenvalue weighted by Crippen LogP contribution is -2.33. The first kappa shape index (κ1) is 22.3. The molecule has 0 unspecified atom stereocenters. The fourth-order valence-corrected chi connectivity index (χ4v) is 5.14. The Morgan fingerprint density at radius 3 is 2.65 bits per heavy atom. The minimum absolute atomic E-state index is 0.427. The number of benzene rings is 2. The van der Waals surface area contributed by atoms with Crippen LogP contribution in [0.5, 0.6) is 0 Å². The smallest absolute Gasteiger partial charge is 0.152 e. The number of hydrogen-bond donors (Lipinski definition) is 1. The molecule has 0 atom stereocenters. The van der Waals surface area contributed by atoms with Gasteiger partial charge in [-0.05, 0) is 49.3 Å². The molecule has 1 N–H and O–H groups in total. The van der Waals surface area contributed by atoms with Gasteiger partial charge >= 0.3 is 0 Å². The Bertz CT molecular complexity index is 1360. The van der Waals surface area contributed by atoms with Crippen molar-refractivity contribution < 1.29 is 0 Å². The van der Waals surface area contributed by atoms with Gasteiger partial charge in [0.05, 0.1) is 5.69 Å². The molecule has 0 aliphatic heterocycles. The van der Waals surface area contributed by atoms with Crippen LogP contribution in [0.15, 0.2) is 65.9 Å². The summed E-state index contributed by atoms with van der Waals surface area (Å²) in [5.74, 6) is 2.46. The molecular formula is C29H33N5. The standard InChI is InChI=1S/C29H33N5/c1-6-29(4)17-23(18-29)28-33-25(26-27(30-5)31-14-15-34(26)28)22-13-12-19(2)24(16-22)32-20(3)21-10-8-7-9-11-21/h7-16,23H,6,17-18H2,1-5H3,(H,30,31). The average molecular weight is 452 g/mol. The van der Waals surface area contributed by atoms with Gasteiger partial charge in [0.15, 0.2) is 5.82 Å². The van der Waals surface area contributed by atoms with Crippen LogP contribution in [0.4, 0.5) is 11.5 Å². The Balaban J connectivity index is 1.62. The number of aliphatic imine (C=N–C) groups is 1. The third-order valence-corrected chi connectivity index (χ3v) is 7.48. The zero-order chi connectivity index (χ0) is 23.9. The van der Waals surface area contributed by atoms with E-state index in [2.05, 4.69) is 78.9 Å². The summed E-state index contributed by atoms with van der Waals surface area (Å²) in [5, 5.41) is 3.28. The van der Waals surface area contributed by atoms with Crippen LogP contribution in [0.2, 0.25) is 0 Å². The van der Waals surface area contributed by atoms with Gasteiger partial charge in [-0.1, -0.05) is 62.7 Å². The molecule has 2 aromatic heterocycles. The van der Waals surface area contributed by atoms with Gasteiger partial charge in [0.25, 0.3) is 0 Å². The highest BCUT2D eigenvalue weighted by molar-refractivity contribution is 6.00. The number of nitrogens with one attached hydrogen (secondary N) is 1. The molecule has 1 fully saturated rings. The number of rotatable bonds is 6. The van der Waals surface area contributed by atoms with Crippen molar-refractivity contribution in [3.8, 4) is 11.3 Å². The maximum Gasteiger partial charge on any atom is 0.152 e. The molecule has 2 aromatic carbocycles. The summed E-state index contributed by atoms with van der Waals surface area (Å²) in [4.78, 5) is 14.8. The summed E-state index contributed by atoms with van der Waals surface area (Å²) in [6, 6.07) is 16.8. The van der Waals surface area contributed by atoms with Gasteiger partial charge < -0.3 is 5.32 Å². The van der Waals surface area contributed by atoms with Crippen molar-refractivity contribution in [1.29, 1.82) is 0 Å². The summed E-state index contributed by atoms with van der Waals surface area (Å²) >= 11 is 0. The van der Waals surface area contributed by atoms with Crippen LogP contribution in [0.3, 0.4) is 0 Å². The Labute approximate surface area is 202 Å². The number of fused-ring (bicyclic) bond motifs is 1. The maximum atomic E-state index is 5.23. The summed E-state index contributed by atoms with van der Waals surface area (Å²) < 4.78 is 2.24. The zero-order valence-electron chi connectivity index (χ0n) is 20.8. The molecule has 0 amide bonds. The van der Waals surface area contributed by atoms with E-state index in [1.54, 1.807) is 0 Å². The van der Waals surface area contributed by atoms with Gasteiger partial charge in [-0.15, -0.1) is 0 Å². The van der Waals surface area contributed by atoms with Crippen molar-refractivity contribution in [1.82, 2.24) is 14.4 Å². The second-order valence-electron chi connectivity index (χ2n) is 9.90. The summed E-state index contributed by atoms with van der Waals surface area (Å²) in [6.45, 7) is 8.86. The van der Waals surface area contributed by atoms with E-state index < -0.39 is 0 Å². The number of aromatic nitrogens is 3. The Kier molecular flexibility index (Phi) is 5.72. The van der Waals surface area contributed by atoms with Crippen molar-refractivity contribution in [2.24, 2.45) is 10.4 Å². The van der Waals surface area contributed by atoms with Crippen molar-refractivity contribution >= 4 is 22.7 Å². The lowest BCUT2D eigenvalue weighted by atomic mass is 9.61. The van der Waals surface area contributed by atoms with E-state index in [0.717, 1.165) is 50.9 Å². The molecule has 5 nitrogen and oxygen atoms in total. The van der Waals surface area contributed by atoms with E-state index >= 15 is 0 Å². The van der Waals surface area contributed by atoms with Gasteiger partial charge in [0.2, 0.25) is 0 Å². The molecule has 2 heterocycles. The van der Waals surface area contributed by atoms with Crippen molar-refractivity contribution in [3.63, 3.8) is 0 Å². The first-order chi connectivity index (χ1) is 16.4. The minimum Gasteiger partial charge on any atom is -0.371 e. The molecule has 1 saturated carbocycles. The number of anilines is 1. The van der Waals surface area contributed by atoms with E-state index in [0.29, 0.717) is 11.3 Å². The Morgan fingerprint density at radius 1 is 1.18 bits per heavy atom. The third kappa shape index (κ3) is 3.89. The van der Waals surface area contributed by atoms with Gasteiger partial charge in [-0.25, -0.2) is 9.97 Å². The molecule has 5 heteroatoms. The highest BCUT2D eigenvalue weighted by Gasteiger charge is 2.41. The van der Waals surface area contributed by atoms with Crippen LogP contribution in [0, 0.1) is 12.3 Å². The van der Waals surface area contributed by atoms with E-state index in [9.17, 15) is 0 Å². The van der Waals surface area contributed by atoms with Crippen molar-refractivity contribution in [2.75, 3.05) is 12.4 Å². The molecule has 0 bridgehead atoms. The molecule has 4 aromatic rings. The quantitative estimate of drug-likeness (QED) is 0.316. The molecule has 34 heavy (non-hydrogen) atoms. The molecule has 5 rings (SSSR count). The number of aryl methyl sites for hydroxylation is 1. The van der Waals surface area contributed by atoms with E-state index in [-0.39, 0.29) is 0 Å². The lowest BCUT2D eigenvalue weighted by molar-refractivity contribution is 0.115. The molecule has 0 saturated heterocycles. The molecule has 1 aliphatic rings. The molecule has 0 spiro atoms. The van der Waals surface area contributed by atoms with Crippen LogP contribution in [0.25, 0.3) is 16.8 Å². The SMILES string of the molecule is CCC1(C)CC(c2nc(-c3ccc(C)c(N=C(C)c4ccccc4)c3)c3c(NC)nccn23)C1. The fourth-order valence-electron chi connectivity index (χ4n) is 5.14. The fraction of sp³-hybridized carbons (Fsp3) is 0.345. The highest BCUT2D eigenvalue weighted by Crippen LogP contribution is 2.53. The predicted octanol–water partition coefficient (Wildman–Crippen LogP) is 7.18. The van der Waals surface area contributed by atoms with Gasteiger partial charge in [0, 0.05) is 36.6 Å². The normalized spacial score (nSPS) is 20.4. The topological polar surface area (TPSA) is 54.6 Å². The Morgan fingerprint density at radius 2 is 1.94 bits per heavy atom. The first-order valence-electron chi connectivity index (χ1n) is 12.2. The maximum absolute atomic E-state index is 5.23. The second-order valence-corrected chi connectivity index (χ2v) is 9.90. The van der Waals surface area contributed by atoms with Crippen molar-refractivity contribution in [2.45, 2.75) is 52.9 Å². The van der Waals surface area contributed by atoms with Gasteiger partial charge in [-0.3, -0.25) is 9.39 Å². The van der Waals surface area contributed by atoms with Gasteiger partial charge in [-0.2, -0.15) is 0 Å². The van der Waals surface area contributed by atoms with E-state index in [4.69, 9.17) is 9.98 Å². The number of imidazole rings is 1. The van der Waals surface area contributed by atoms with Crippen LogP contribution < -0.4 is 5.32 Å². The third-order valence-electron chi connectivity index (χ3n) is 7.48. The van der Waals surface area contributed by atoms with Crippen molar-refractivity contribution in [3.05, 3.63) is 77.9 Å². The monoisotopic (exact) mass is 451 g/mol. The molecular weight excluding hydrogens is 418 g/mol.